The molecule has 1 aliphatic heterocycles. The lowest BCUT2D eigenvalue weighted by atomic mass is 9.86. The molecule has 4 heteroatoms. The molecule has 1 saturated heterocycles. The highest BCUT2D eigenvalue weighted by Gasteiger charge is 2.48. The van der Waals surface area contributed by atoms with Crippen LogP contribution in [0.15, 0.2) is 23.3 Å². The largest absolute Gasteiger partial charge is 0.311 e. The van der Waals surface area contributed by atoms with Crippen LogP contribution in [-0.4, -0.2) is 24.4 Å². The molecule has 1 fully saturated rings. The van der Waals surface area contributed by atoms with Gasteiger partial charge in [0.2, 0.25) is 0 Å². The van der Waals surface area contributed by atoms with Crippen LogP contribution in [0, 0.1) is 0 Å². The highest BCUT2D eigenvalue weighted by Crippen LogP contribution is 2.37. The van der Waals surface area contributed by atoms with Crippen LogP contribution in [0.25, 0.3) is 0 Å². The van der Waals surface area contributed by atoms with Gasteiger partial charge < -0.3 is 5.32 Å². The SMILES string of the molecule is FC1C(Cl)=CC=CC1(F)[C@H]1CCCN1. The molecule has 2 aliphatic rings. The van der Waals surface area contributed by atoms with E-state index in [0.29, 0.717) is 6.42 Å². The van der Waals surface area contributed by atoms with Gasteiger partial charge in [-0.25, -0.2) is 8.78 Å². The quantitative estimate of drug-likeness (QED) is 0.715. The van der Waals surface area contributed by atoms with E-state index in [1.165, 1.54) is 18.2 Å². The maximum absolute atomic E-state index is 14.3. The summed E-state index contributed by atoms with van der Waals surface area (Å²) in [6.07, 6.45) is 3.97. The minimum absolute atomic E-state index is 0.0521. The van der Waals surface area contributed by atoms with Gasteiger partial charge in [-0.15, -0.1) is 0 Å². The Bertz CT molecular complexity index is 284. The fraction of sp³-hybridized carbons (Fsp3) is 0.600. The standard InChI is InChI=1S/C10H12ClF2N/c11-7-3-1-5-10(13,9(7)12)8-4-2-6-14-8/h1,3,5,8-9,14H,2,4,6H2/t8-,9?,10?/m1/s1. The number of nitrogens with one attached hydrogen (secondary N) is 1. The highest BCUT2D eigenvalue weighted by atomic mass is 35.5. The van der Waals surface area contributed by atoms with Crippen molar-refractivity contribution in [3.05, 3.63) is 23.3 Å². The van der Waals surface area contributed by atoms with Gasteiger partial charge >= 0.3 is 0 Å². The van der Waals surface area contributed by atoms with E-state index >= 15 is 0 Å². The Morgan fingerprint density at radius 2 is 2.36 bits per heavy atom. The van der Waals surface area contributed by atoms with Crippen LogP contribution in [0.1, 0.15) is 12.8 Å². The zero-order chi connectivity index (χ0) is 10.2. The molecule has 1 heterocycles. The summed E-state index contributed by atoms with van der Waals surface area (Å²) < 4.78 is 27.9. The maximum atomic E-state index is 14.3. The van der Waals surface area contributed by atoms with Gasteiger partial charge in [0.15, 0.2) is 11.8 Å². The number of rotatable bonds is 1. The van der Waals surface area contributed by atoms with Gasteiger partial charge in [-0.05, 0) is 31.5 Å². The first-order valence-corrected chi connectivity index (χ1v) is 5.13. The number of allylic oxidation sites excluding steroid dienone is 3. The Kier molecular flexibility index (Phi) is 2.62. The molecule has 0 aromatic rings. The molecule has 0 saturated carbocycles. The first-order chi connectivity index (χ1) is 6.64. The second-order valence-corrected chi connectivity index (χ2v) is 4.19. The van der Waals surface area contributed by atoms with E-state index in [1.54, 1.807) is 0 Å². The normalized spacial score (nSPS) is 42.6. The highest BCUT2D eigenvalue weighted by molar-refractivity contribution is 6.30. The van der Waals surface area contributed by atoms with Crippen molar-refractivity contribution in [3.8, 4) is 0 Å². The van der Waals surface area contributed by atoms with E-state index < -0.39 is 17.9 Å². The summed E-state index contributed by atoms with van der Waals surface area (Å²) in [5.74, 6) is 0. The summed E-state index contributed by atoms with van der Waals surface area (Å²) >= 11 is 5.60. The first-order valence-electron chi connectivity index (χ1n) is 4.76. The third-order valence-electron chi connectivity index (χ3n) is 2.83. The zero-order valence-corrected chi connectivity index (χ0v) is 8.40. The topological polar surface area (TPSA) is 12.0 Å². The molecule has 2 unspecified atom stereocenters. The third-order valence-corrected chi connectivity index (χ3v) is 3.15. The van der Waals surface area contributed by atoms with Crippen molar-refractivity contribution in [3.63, 3.8) is 0 Å². The van der Waals surface area contributed by atoms with Crippen LogP contribution in [0.5, 0.6) is 0 Å². The molecule has 78 valence electrons. The van der Waals surface area contributed by atoms with Crippen LogP contribution < -0.4 is 5.32 Å². The molecular weight excluding hydrogens is 208 g/mol. The van der Waals surface area contributed by atoms with Gasteiger partial charge in [0.05, 0.1) is 5.03 Å². The average Bonchev–Trinajstić information content (AvgIpc) is 2.67. The lowest BCUT2D eigenvalue weighted by Crippen LogP contribution is -2.50. The van der Waals surface area contributed by atoms with Crippen molar-refractivity contribution >= 4 is 11.6 Å². The fourth-order valence-electron chi connectivity index (χ4n) is 2.02. The minimum atomic E-state index is -1.97. The molecule has 0 aromatic carbocycles. The lowest BCUT2D eigenvalue weighted by molar-refractivity contribution is 0.0852. The van der Waals surface area contributed by atoms with Crippen molar-refractivity contribution in [2.24, 2.45) is 0 Å². The molecule has 0 bridgehead atoms. The molecular formula is C10H12ClF2N. The summed E-state index contributed by atoms with van der Waals surface area (Å²) in [4.78, 5) is 0. The van der Waals surface area contributed by atoms with Crippen molar-refractivity contribution in [1.82, 2.24) is 5.32 Å². The lowest BCUT2D eigenvalue weighted by Gasteiger charge is -2.33. The molecule has 0 spiro atoms. The molecule has 1 aliphatic carbocycles. The van der Waals surface area contributed by atoms with Crippen molar-refractivity contribution in [1.29, 1.82) is 0 Å². The van der Waals surface area contributed by atoms with E-state index in [0.717, 1.165) is 13.0 Å². The van der Waals surface area contributed by atoms with E-state index in [1.807, 2.05) is 0 Å². The van der Waals surface area contributed by atoms with E-state index in [4.69, 9.17) is 11.6 Å². The molecule has 3 atom stereocenters. The van der Waals surface area contributed by atoms with Gasteiger partial charge in [-0.1, -0.05) is 17.7 Å². The van der Waals surface area contributed by atoms with Gasteiger partial charge in [0.1, 0.15) is 0 Å². The average molecular weight is 220 g/mol. The second kappa shape index (κ2) is 3.63. The van der Waals surface area contributed by atoms with Crippen LogP contribution in [-0.2, 0) is 0 Å². The Balaban J connectivity index is 2.22. The molecule has 1 N–H and O–H groups in total. The van der Waals surface area contributed by atoms with E-state index in [2.05, 4.69) is 5.32 Å². The summed E-state index contributed by atoms with van der Waals surface area (Å²) in [6, 6.07) is -0.448. The molecule has 14 heavy (non-hydrogen) atoms. The number of alkyl halides is 2. The number of halogens is 3. The van der Waals surface area contributed by atoms with Gasteiger partial charge in [-0.2, -0.15) is 0 Å². The second-order valence-electron chi connectivity index (χ2n) is 3.75. The van der Waals surface area contributed by atoms with E-state index in [9.17, 15) is 8.78 Å². The molecule has 2 rings (SSSR count). The summed E-state index contributed by atoms with van der Waals surface area (Å²) in [6.45, 7) is 0.748. The van der Waals surface area contributed by atoms with Crippen LogP contribution >= 0.6 is 11.6 Å². The molecule has 0 aromatic heterocycles. The monoisotopic (exact) mass is 219 g/mol. The summed E-state index contributed by atoms with van der Waals surface area (Å²) in [7, 11) is 0. The van der Waals surface area contributed by atoms with Crippen molar-refractivity contribution in [2.75, 3.05) is 6.54 Å². The van der Waals surface area contributed by atoms with Crippen molar-refractivity contribution < 1.29 is 8.78 Å². The van der Waals surface area contributed by atoms with Gasteiger partial charge in [-0.3, -0.25) is 0 Å². The predicted octanol–water partition coefficient (Wildman–Crippen LogP) is 2.48. The Hall–Kier alpha value is -0.410. The zero-order valence-electron chi connectivity index (χ0n) is 7.64. The number of hydrogen-bond acceptors (Lipinski definition) is 1. The number of hydrogen-bond donors (Lipinski definition) is 1. The fourth-order valence-corrected chi connectivity index (χ4v) is 2.26. The maximum Gasteiger partial charge on any atom is 0.180 e. The first kappa shape index (κ1) is 10.1. The van der Waals surface area contributed by atoms with Crippen molar-refractivity contribution in [2.45, 2.75) is 30.7 Å². The Morgan fingerprint density at radius 1 is 1.57 bits per heavy atom. The van der Waals surface area contributed by atoms with Gasteiger partial charge in [0, 0.05) is 6.04 Å². The smallest absolute Gasteiger partial charge is 0.180 e. The van der Waals surface area contributed by atoms with Crippen LogP contribution in [0.4, 0.5) is 8.78 Å². The minimum Gasteiger partial charge on any atom is -0.311 e. The predicted molar refractivity (Wildman–Crippen MR) is 52.8 cm³/mol. The molecule has 0 radical (unpaired) electrons. The summed E-state index contributed by atoms with van der Waals surface area (Å²) in [5, 5.41) is 2.91. The molecule has 1 nitrogen and oxygen atoms in total. The van der Waals surface area contributed by atoms with Crippen LogP contribution in [0.2, 0.25) is 0 Å². The Labute approximate surface area is 86.8 Å². The summed E-state index contributed by atoms with van der Waals surface area (Å²) in [5.41, 5.74) is -1.97. The molecule has 0 amide bonds. The Morgan fingerprint density at radius 3 is 3.00 bits per heavy atom. The van der Waals surface area contributed by atoms with Gasteiger partial charge in [0.25, 0.3) is 0 Å². The van der Waals surface area contributed by atoms with E-state index in [-0.39, 0.29) is 5.03 Å². The third kappa shape index (κ3) is 1.48. The van der Waals surface area contributed by atoms with Crippen LogP contribution in [0.3, 0.4) is 0 Å².